The van der Waals surface area contributed by atoms with E-state index in [1.807, 2.05) is 37.9 Å². The SMILES string of the molecule is CN1CCN(c2ccc(C#N)nc2)C(C)(C)C1=O. The van der Waals surface area contributed by atoms with E-state index in [1.54, 1.807) is 17.2 Å². The lowest BCUT2D eigenvalue weighted by molar-refractivity contribution is -0.136. The number of hydrogen-bond donors (Lipinski definition) is 0. The summed E-state index contributed by atoms with van der Waals surface area (Å²) in [6.07, 6.45) is 1.65. The molecule has 1 aliphatic heterocycles. The maximum absolute atomic E-state index is 12.2. The highest BCUT2D eigenvalue weighted by Crippen LogP contribution is 2.27. The minimum absolute atomic E-state index is 0.0955. The molecule has 0 spiro atoms. The number of rotatable bonds is 1. The topological polar surface area (TPSA) is 60.2 Å². The van der Waals surface area contributed by atoms with Crippen LogP contribution >= 0.6 is 0 Å². The van der Waals surface area contributed by atoms with Gasteiger partial charge in [0.05, 0.1) is 11.9 Å². The lowest BCUT2D eigenvalue weighted by Gasteiger charge is -2.46. The van der Waals surface area contributed by atoms with Crippen molar-refractivity contribution in [2.45, 2.75) is 19.4 Å². The zero-order valence-corrected chi connectivity index (χ0v) is 10.8. The van der Waals surface area contributed by atoms with Crippen LogP contribution in [0.5, 0.6) is 0 Å². The monoisotopic (exact) mass is 244 g/mol. The van der Waals surface area contributed by atoms with Gasteiger partial charge in [-0.15, -0.1) is 0 Å². The summed E-state index contributed by atoms with van der Waals surface area (Å²) in [5.74, 6) is 0.0955. The van der Waals surface area contributed by atoms with Gasteiger partial charge in [0.2, 0.25) is 5.91 Å². The molecule has 0 N–H and O–H groups in total. The Hall–Kier alpha value is -2.09. The molecule has 0 unspecified atom stereocenters. The summed E-state index contributed by atoms with van der Waals surface area (Å²) in [7, 11) is 1.82. The minimum Gasteiger partial charge on any atom is -0.354 e. The minimum atomic E-state index is -0.581. The van der Waals surface area contributed by atoms with Gasteiger partial charge in [0, 0.05) is 20.1 Å². The zero-order chi connectivity index (χ0) is 13.3. The number of pyridine rings is 1. The lowest BCUT2D eigenvalue weighted by atomic mass is 9.97. The van der Waals surface area contributed by atoms with E-state index in [-0.39, 0.29) is 5.91 Å². The fraction of sp³-hybridized carbons (Fsp3) is 0.462. The second-order valence-corrected chi connectivity index (χ2v) is 4.95. The zero-order valence-electron chi connectivity index (χ0n) is 10.8. The smallest absolute Gasteiger partial charge is 0.247 e. The number of carbonyl (C=O) groups is 1. The molecule has 5 heteroatoms. The van der Waals surface area contributed by atoms with E-state index in [9.17, 15) is 4.79 Å². The largest absolute Gasteiger partial charge is 0.354 e. The first-order chi connectivity index (χ1) is 8.46. The second kappa shape index (κ2) is 4.30. The predicted molar refractivity (Wildman–Crippen MR) is 68.0 cm³/mol. The molecule has 1 amide bonds. The highest BCUT2D eigenvalue weighted by Gasteiger charge is 2.40. The van der Waals surface area contributed by atoms with Gasteiger partial charge in [0.1, 0.15) is 17.3 Å². The Kier molecular flexibility index (Phi) is 2.95. The standard InChI is InChI=1S/C13H16N4O/c1-13(2)12(18)16(3)6-7-17(13)11-5-4-10(8-14)15-9-11/h4-5,9H,6-7H2,1-3H3. The number of carbonyl (C=O) groups excluding carboxylic acids is 1. The highest BCUT2D eigenvalue weighted by molar-refractivity contribution is 5.90. The Morgan fingerprint density at radius 2 is 2.11 bits per heavy atom. The Labute approximate surface area is 107 Å². The summed E-state index contributed by atoms with van der Waals surface area (Å²) < 4.78 is 0. The molecule has 2 heterocycles. The van der Waals surface area contributed by atoms with Crippen LogP contribution in [0.4, 0.5) is 5.69 Å². The Morgan fingerprint density at radius 3 is 2.67 bits per heavy atom. The van der Waals surface area contributed by atoms with Crippen LogP contribution in [0.1, 0.15) is 19.5 Å². The molecule has 1 saturated heterocycles. The molecule has 0 radical (unpaired) electrons. The number of anilines is 1. The Balaban J connectivity index is 2.32. The predicted octanol–water partition coefficient (Wildman–Crippen LogP) is 1.01. The van der Waals surface area contributed by atoms with Crippen LogP contribution < -0.4 is 4.90 Å². The van der Waals surface area contributed by atoms with Crippen LogP contribution in [-0.2, 0) is 4.79 Å². The van der Waals surface area contributed by atoms with Crippen molar-refractivity contribution in [3.05, 3.63) is 24.0 Å². The molecule has 0 atom stereocenters. The Morgan fingerprint density at radius 1 is 1.39 bits per heavy atom. The maximum atomic E-state index is 12.2. The molecule has 1 fully saturated rings. The van der Waals surface area contributed by atoms with Crippen LogP contribution in [-0.4, -0.2) is 41.5 Å². The van der Waals surface area contributed by atoms with Gasteiger partial charge in [-0.3, -0.25) is 4.79 Å². The third-order valence-corrected chi connectivity index (χ3v) is 3.38. The molecule has 1 aromatic heterocycles. The number of nitrogens with zero attached hydrogens (tertiary/aromatic N) is 4. The molecule has 1 aliphatic rings. The van der Waals surface area contributed by atoms with Gasteiger partial charge >= 0.3 is 0 Å². The van der Waals surface area contributed by atoms with Crippen molar-refractivity contribution < 1.29 is 4.79 Å². The van der Waals surface area contributed by atoms with E-state index in [0.717, 1.165) is 12.2 Å². The third-order valence-electron chi connectivity index (χ3n) is 3.38. The van der Waals surface area contributed by atoms with E-state index in [2.05, 4.69) is 4.98 Å². The van der Waals surface area contributed by atoms with Crippen molar-refractivity contribution in [1.82, 2.24) is 9.88 Å². The average Bonchev–Trinajstić information content (AvgIpc) is 2.36. The highest BCUT2D eigenvalue weighted by atomic mass is 16.2. The van der Waals surface area contributed by atoms with Crippen molar-refractivity contribution in [2.75, 3.05) is 25.0 Å². The molecule has 94 valence electrons. The molecule has 0 aliphatic carbocycles. The van der Waals surface area contributed by atoms with Crippen LogP contribution in [0.2, 0.25) is 0 Å². The average molecular weight is 244 g/mol. The first-order valence-corrected chi connectivity index (χ1v) is 5.86. The normalized spacial score (nSPS) is 18.7. The number of hydrogen-bond acceptors (Lipinski definition) is 4. The van der Waals surface area contributed by atoms with Crippen molar-refractivity contribution >= 4 is 11.6 Å². The molecule has 18 heavy (non-hydrogen) atoms. The van der Waals surface area contributed by atoms with Gasteiger partial charge in [-0.1, -0.05) is 0 Å². The summed E-state index contributed by atoms with van der Waals surface area (Å²) in [6, 6.07) is 5.50. The van der Waals surface area contributed by atoms with Crippen molar-refractivity contribution in [2.24, 2.45) is 0 Å². The summed E-state index contributed by atoms with van der Waals surface area (Å²) in [4.78, 5) is 20.0. The first kappa shape index (κ1) is 12.4. The number of piperazine rings is 1. The second-order valence-electron chi connectivity index (χ2n) is 4.95. The molecule has 5 nitrogen and oxygen atoms in total. The lowest BCUT2D eigenvalue weighted by Crippen LogP contribution is -2.62. The summed E-state index contributed by atoms with van der Waals surface area (Å²) in [5.41, 5.74) is 0.681. The molecule has 0 aromatic carbocycles. The number of likely N-dealkylation sites (N-methyl/N-ethyl adjacent to an activating group) is 1. The van der Waals surface area contributed by atoms with Crippen LogP contribution in [0, 0.1) is 11.3 Å². The number of nitriles is 1. The van der Waals surface area contributed by atoms with Gasteiger partial charge in [0.25, 0.3) is 0 Å². The van der Waals surface area contributed by atoms with E-state index in [1.165, 1.54) is 0 Å². The number of amides is 1. The fourth-order valence-electron chi connectivity index (χ4n) is 2.28. The van der Waals surface area contributed by atoms with Crippen LogP contribution in [0.3, 0.4) is 0 Å². The van der Waals surface area contributed by atoms with Gasteiger partial charge < -0.3 is 9.80 Å². The third kappa shape index (κ3) is 1.90. The summed E-state index contributed by atoms with van der Waals surface area (Å²) in [5, 5.41) is 8.73. The van der Waals surface area contributed by atoms with Gasteiger partial charge in [-0.2, -0.15) is 5.26 Å². The van der Waals surface area contributed by atoms with Crippen molar-refractivity contribution in [3.8, 4) is 6.07 Å². The Bertz CT molecular complexity index is 501. The molecule has 0 bridgehead atoms. The van der Waals surface area contributed by atoms with Crippen molar-refractivity contribution in [1.29, 1.82) is 5.26 Å². The molecular formula is C13H16N4O. The van der Waals surface area contributed by atoms with Crippen LogP contribution in [0.25, 0.3) is 0 Å². The molecule has 1 aromatic rings. The van der Waals surface area contributed by atoms with Gasteiger partial charge in [0.15, 0.2) is 0 Å². The van der Waals surface area contributed by atoms with E-state index >= 15 is 0 Å². The summed E-state index contributed by atoms with van der Waals surface area (Å²) >= 11 is 0. The van der Waals surface area contributed by atoms with E-state index in [4.69, 9.17) is 5.26 Å². The van der Waals surface area contributed by atoms with Crippen molar-refractivity contribution in [3.63, 3.8) is 0 Å². The van der Waals surface area contributed by atoms with E-state index in [0.29, 0.717) is 12.2 Å². The first-order valence-electron chi connectivity index (χ1n) is 5.86. The fourth-order valence-corrected chi connectivity index (χ4v) is 2.28. The van der Waals surface area contributed by atoms with E-state index < -0.39 is 5.54 Å². The summed E-state index contributed by atoms with van der Waals surface area (Å²) in [6.45, 7) is 5.28. The molecule has 2 rings (SSSR count). The van der Waals surface area contributed by atoms with Crippen LogP contribution in [0.15, 0.2) is 18.3 Å². The number of aromatic nitrogens is 1. The van der Waals surface area contributed by atoms with Gasteiger partial charge in [-0.25, -0.2) is 4.98 Å². The molecular weight excluding hydrogens is 228 g/mol. The molecule has 0 saturated carbocycles. The quantitative estimate of drug-likeness (QED) is 0.739. The van der Waals surface area contributed by atoms with Gasteiger partial charge in [-0.05, 0) is 26.0 Å². The maximum Gasteiger partial charge on any atom is 0.247 e.